The van der Waals surface area contributed by atoms with Gasteiger partial charge in [0.2, 0.25) is 0 Å². The normalized spacial score (nSPS) is 11.2. The number of amides is 1. The fourth-order valence-corrected chi connectivity index (χ4v) is 4.25. The van der Waals surface area contributed by atoms with E-state index in [1.165, 1.54) is 0 Å². The molecule has 0 radical (unpaired) electrons. The van der Waals surface area contributed by atoms with Crippen LogP contribution in [0.2, 0.25) is 5.02 Å². The molecule has 0 fully saturated rings. The second-order valence-electron chi connectivity index (χ2n) is 9.15. The highest BCUT2D eigenvalue weighted by molar-refractivity contribution is 6.30. The van der Waals surface area contributed by atoms with Gasteiger partial charge in [0.25, 0.3) is 5.91 Å². The monoisotopic (exact) mass is 509 g/mol. The summed E-state index contributed by atoms with van der Waals surface area (Å²) in [6, 6.07) is 18.3. The summed E-state index contributed by atoms with van der Waals surface area (Å²) in [4.78, 5) is 26.6. The Morgan fingerprint density at radius 1 is 1.00 bits per heavy atom. The van der Waals surface area contributed by atoms with E-state index in [4.69, 9.17) is 21.1 Å². The number of nitrogens with zero attached hydrogens (tertiary/aromatic N) is 1. The van der Waals surface area contributed by atoms with E-state index in [1.807, 2.05) is 38.1 Å². The van der Waals surface area contributed by atoms with E-state index in [1.54, 1.807) is 62.3 Å². The van der Waals surface area contributed by atoms with Crippen molar-refractivity contribution in [3.8, 4) is 22.6 Å². The predicted octanol–water partition coefficient (Wildman–Crippen LogP) is 6.16. The molecule has 3 aromatic carbocycles. The van der Waals surface area contributed by atoms with Gasteiger partial charge in [-0.1, -0.05) is 41.4 Å². The van der Waals surface area contributed by atoms with Crippen molar-refractivity contribution >= 4 is 23.5 Å². The molecule has 0 aromatic heterocycles. The Morgan fingerprint density at radius 2 is 1.69 bits per heavy atom. The van der Waals surface area contributed by atoms with Crippen LogP contribution in [0.5, 0.6) is 11.5 Å². The zero-order valence-electron chi connectivity index (χ0n) is 21.3. The van der Waals surface area contributed by atoms with Crippen molar-refractivity contribution in [2.24, 2.45) is 0 Å². The van der Waals surface area contributed by atoms with Gasteiger partial charge in [-0.25, -0.2) is 0 Å². The molecule has 0 saturated heterocycles. The maximum Gasteiger partial charge on any atom is 0.307 e. The lowest BCUT2D eigenvalue weighted by atomic mass is 9.94. The molecule has 0 saturated carbocycles. The van der Waals surface area contributed by atoms with E-state index in [-0.39, 0.29) is 12.3 Å². The highest BCUT2D eigenvalue weighted by atomic mass is 35.5. The van der Waals surface area contributed by atoms with E-state index in [9.17, 15) is 14.7 Å². The second kappa shape index (κ2) is 11.5. The highest BCUT2D eigenvalue weighted by Crippen LogP contribution is 2.35. The molecule has 0 spiro atoms. The number of benzene rings is 3. The lowest BCUT2D eigenvalue weighted by Gasteiger charge is -2.32. The first-order valence-electron chi connectivity index (χ1n) is 11.8. The molecule has 0 aliphatic carbocycles. The summed E-state index contributed by atoms with van der Waals surface area (Å²) in [7, 11) is 1.59. The number of carboxylic acids is 1. The average molecular weight is 510 g/mol. The Labute approximate surface area is 217 Å². The van der Waals surface area contributed by atoms with E-state index in [0.29, 0.717) is 35.2 Å². The highest BCUT2D eigenvalue weighted by Gasteiger charge is 2.34. The van der Waals surface area contributed by atoms with E-state index < -0.39 is 11.6 Å². The van der Waals surface area contributed by atoms with Gasteiger partial charge in [0.1, 0.15) is 11.5 Å². The van der Waals surface area contributed by atoms with Crippen LogP contribution in [0.1, 0.15) is 37.5 Å². The molecule has 0 unspecified atom stereocenters. The van der Waals surface area contributed by atoms with Crippen molar-refractivity contribution in [3.63, 3.8) is 0 Å². The van der Waals surface area contributed by atoms with Crippen LogP contribution in [-0.2, 0) is 22.6 Å². The number of likely N-dealkylation sites (N-methyl/N-ethyl adjacent to an activating group) is 1. The number of ether oxygens (including phenoxy) is 2. The summed E-state index contributed by atoms with van der Waals surface area (Å²) in [6.45, 7) is 8.27. The number of carboxylic acid groups (broad SMARTS) is 1. The Balaban J connectivity index is 1.95. The number of hydrogen-bond donors (Lipinski definition) is 1. The van der Waals surface area contributed by atoms with Gasteiger partial charge < -0.3 is 19.5 Å². The molecular weight excluding hydrogens is 478 g/mol. The van der Waals surface area contributed by atoms with Crippen LogP contribution in [0.3, 0.4) is 0 Å². The van der Waals surface area contributed by atoms with E-state index in [0.717, 1.165) is 22.3 Å². The number of carbonyl (C=O) groups excluding carboxylic acids is 1. The Hall–Kier alpha value is -3.51. The third kappa shape index (κ3) is 6.58. The minimum Gasteiger partial charge on any atom is -0.496 e. The first kappa shape index (κ1) is 27.1. The largest absolute Gasteiger partial charge is 0.496 e. The molecular formula is C29H32ClNO5. The lowest BCUT2D eigenvalue weighted by Crippen LogP contribution is -2.48. The zero-order valence-corrected chi connectivity index (χ0v) is 22.1. The number of halogens is 1. The summed E-state index contributed by atoms with van der Waals surface area (Å²) in [5.74, 6) is 0.139. The van der Waals surface area contributed by atoms with Crippen molar-refractivity contribution in [2.75, 3.05) is 13.7 Å². The summed E-state index contributed by atoms with van der Waals surface area (Å²) in [5, 5.41) is 9.85. The summed E-state index contributed by atoms with van der Waals surface area (Å²) < 4.78 is 11.6. The summed E-state index contributed by atoms with van der Waals surface area (Å²) >= 11 is 5.97. The van der Waals surface area contributed by atoms with Crippen LogP contribution in [0.15, 0.2) is 60.7 Å². The van der Waals surface area contributed by atoms with Gasteiger partial charge in [-0.2, -0.15) is 0 Å². The van der Waals surface area contributed by atoms with Crippen molar-refractivity contribution in [1.29, 1.82) is 0 Å². The molecule has 0 aliphatic heterocycles. The first-order chi connectivity index (χ1) is 17.0. The van der Waals surface area contributed by atoms with Crippen molar-refractivity contribution < 1.29 is 24.2 Å². The lowest BCUT2D eigenvalue weighted by molar-refractivity contribution is -0.146. The average Bonchev–Trinajstić information content (AvgIpc) is 2.83. The fourth-order valence-electron chi connectivity index (χ4n) is 4.12. The number of aliphatic carboxylic acids is 1. The van der Waals surface area contributed by atoms with E-state index in [2.05, 4.69) is 0 Å². The molecule has 6 nitrogen and oxygen atoms in total. The molecule has 0 bridgehead atoms. The van der Waals surface area contributed by atoms with Crippen molar-refractivity contribution in [2.45, 2.75) is 46.3 Å². The molecule has 0 aliphatic rings. The Morgan fingerprint density at radius 3 is 2.31 bits per heavy atom. The number of aryl methyl sites for hydroxylation is 1. The summed E-state index contributed by atoms with van der Waals surface area (Å²) in [5.41, 5.74) is 3.21. The van der Waals surface area contributed by atoms with Gasteiger partial charge in [-0.3, -0.25) is 9.59 Å². The number of rotatable bonds is 10. The van der Waals surface area contributed by atoms with Crippen LogP contribution >= 0.6 is 11.6 Å². The molecule has 0 atom stereocenters. The van der Waals surface area contributed by atoms with Crippen LogP contribution in [0.4, 0.5) is 0 Å². The van der Waals surface area contributed by atoms with Crippen LogP contribution in [0.25, 0.3) is 11.1 Å². The molecule has 3 rings (SSSR count). The van der Waals surface area contributed by atoms with Gasteiger partial charge in [0.15, 0.2) is 5.60 Å². The first-order valence-corrected chi connectivity index (χ1v) is 12.1. The van der Waals surface area contributed by atoms with E-state index >= 15 is 0 Å². The molecule has 1 amide bonds. The predicted molar refractivity (Wildman–Crippen MR) is 142 cm³/mol. The van der Waals surface area contributed by atoms with Gasteiger partial charge in [-0.15, -0.1) is 0 Å². The number of hydrogen-bond acceptors (Lipinski definition) is 4. The van der Waals surface area contributed by atoms with Gasteiger partial charge >= 0.3 is 5.97 Å². The van der Waals surface area contributed by atoms with Gasteiger partial charge in [0.05, 0.1) is 13.5 Å². The number of methoxy groups -OCH3 is 1. The van der Waals surface area contributed by atoms with Crippen LogP contribution in [-0.4, -0.2) is 41.1 Å². The molecule has 36 heavy (non-hydrogen) atoms. The maximum absolute atomic E-state index is 13.6. The third-order valence-corrected chi connectivity index (χ3v) is 6.15. The van der Waals surface area contributed by atoms with Gasteiger partial charge in [0, 0.05) is 23.7 Å². The minimum absolute atomic E-state index is 0.0893. The van der Waals surface area contributed by atoms with Crippen LogP contribution < -0.4 is 9.47 Å². The van der Waals surface area contributed by atoms with Gasteiger partial charge in [-0.05, 0) is 80.8 Å². The SMILES string of the molecule is CCN(Cc1cc(C)ccc1-c1cc(CC(=O)O)ccc1OC)C(=O)C(C)(C)Oc1ccc(Cl)cc1. The molecule has 0 heterocycles. The maximum atomic E-state index is 13.6. The van der Waals surface area contributed by atoms with Crippen LogP contribution in [0, 0.1) is 6.92 Å². The van der Waals surface area contributed by atoms with Crippen molar-refractivity contribution in [3.05, 3.63) is 82.4 Å². The quantitative estimate of drug-likeness (QED) is 0.354. The fraction of sp³-hybridized carbons (Fsp3) is 0.310. The smallest absolute Gasteiger partial charge is 0.307 e. The molecule has 1 N–H and O–H groups in total. The Bertz CT molecular complexity index is 1240. The molecule has 190 valence electrons. The number of carbonyl (C=O) groups is 2. The second-order valence-corrected chi connectivity index (χ2v) is 9.59. The minimum atomic E-state index is -1.10. The summed E-state index contributed by atoms with van der Waals surface area (Å²) in [6.07, 6.45) is -0.0893. The van der Waals surface area contributed by atoms with Crippen molar-refractivity contribution in [1.82, 2.24) is 4.90 Å². The molecule has 7 heteroatoms. The zero-order chi connectivity index (χ0) is 26.5. The standard InChI is InChI=1S/C29H32ClNO5/c1-6-31(28(34)29(3,4)36-23-11-9-22(30)10-12-23)18-21-15-19(2)7-13-24(21)25-16-20(17-27(32)33)8-14-26(25)35-5/h7-16H,6,17-18H2,1-5H3,(H,32,33). The topological polar surface area (TPSA) is 76.1 Å². The third-order valence-electron chi connectivity index (χ3n) is 5.90. The Kier molecular flexibility index (Phi) is 8.64. The molecule has 3 aromatic rings.